The molecule has 2 fully saturated rings. The third kappa shape index (κ3) is 4.21. The average molecular weight is 303 g/mol. The van der Waals surface area contributed by atoms with Crippen molar-refractivity contribution in [3.63, 3.8) is 0 Å². The van der Waals surface area contributed by atoms with Gasteiger partial charge in [-0.15, -0.1) is 0 Å². The van der Waals surface area contributed by atoms with Gasteiger partial charge in [0.1, 0.15) is 0 Å². The SMILES string of the molecule is O=C(NCC1CCN([C@H]2CCOC2)CC1)Nc1ccccc1. The number of nitrogens with zero attached hydrogens (tertiary/aromatic N) is 1. The molecule has 1 atom stereocenters. The Kier molecular flexibility index (Phi) is 5.29. The monoisotopic (exact) mass is 303 g/mol. The predicted molar refractivity (Wildman–Crippen MR) is 87.0 cm³/mol. The minimum Gasteiger partial charge on any atom is -0.380 e. The lowest BCUT2D eigenvalue weighted by molar-refractivity contribution is 0.110. The number of anilines is 1. The number of hydrogen-bond acceptors (Lipinski definition) is 3. The zero-order valence-corrected chi connectivity index (χ0v) is 13.0. The van der Waals surface area contributed by atoms with E-state index in [0.29, 0.717) is 12.0 Å². The summed E-state index contributed by atoms with van der Waals surface area (Å²) in [5.41, 5.74) is 0.830. The standard InChI is InChI=1S/C17H25N3O2/c21-17(19-15-4-2-1-3-5-15)18-12-14-6-9-20(10-7-14)16-8-11-22-13-16/h1-5,14,16H,6-13H2,(H2,18,19,21)/t16-/m0/s1. The van der Waals surface area contributed by atoms with Crippen molar-refractivity contribution in [1.82, 2.24) is 10.2 Å². The summed E-state index contributed by atoms with van der Waals surface area (Å²) in [5.74, 6) is 0.583. The molecule has 5 nitrogen and oxygen atoms in total. The summed E-state index contributed by atoms with van der Waals surface area (Å²) in [7, 11) is 0. The highest BCUT2D eigenvalue weighted by Crippen LogP contribution is 2.21. The van der Waals surface area contributed by atoms with E-state index in [0.717, 1.165) is 51.4 Å². The zero-order chi connectivity index (χ0) is 15.2. The molecule has 5 heteroatoms. The average Bonchev–Trinajstić information content (AvgIpc) is 3.09. The van der Waals surface area contributed by atoms with Crippen LogP contribution in [0.3, 0.4) is 0 Å². The van der Waals surface area contributed by atoms with Gasteiger partial charge in [0, 0.05) is 24.9 Å². The van der Waals surface area contributed by atoms with E-state index in [9.17, 15) is 4.79 Å². The first-order valence-corrected chi connectivity index (χ1v) is 8.23. The van der Waals surface area contributed by atoms with E-state index in [4.69, 9.17) is 4.74 Å². The first kappa shape index (κ1) is 15.3. The summed E-state index contributed by atoms with van der Waals surface area (Å²) in [5, 5.41) is 5.85. The van der Waals surface area contributed by atoms with Crippen LogP contribution in [0.4, 0.5) is 10.5 Å². The Hall–Kier alpha value is -1.59. The highest BCUT2D eigenvalue weighted by Gasteiger charge is 2.27. The summed E-state index contributed by atoms with van der Waals surface area (Å²) in [6.45, 7) is 4.81. The first-order chi connectivity index (χ1) is 10.8. The van der Waals surface area contributed by atoms with Gasteiger partial charge in [0.05, 0.1) is 6.61 Å². The van der Waals surface area contributed by atoms with Gasteiger partial charge < -0.3 is 15.4 Å². The second-order valence-corrected chi connectivity index (χ2v) is 6.20. The number of urea groups is 1. The number of benzene rings is 1. The van der Waals surface area contributed by atoms with Crippen molar-refractivity contribution in [2.24, 2.45) is 5.92 Å². The summed E-state index contributed by atoms with van der Waals surface area (Å²) in [4.78, 5) is 14.4. The molecule has 0 unspecified atom stereocenters. The quantitative estimate of drug-likeness (QED) is 0.897. The Bertz CT molecular complexity index is 466. The molecule has 2 saturated heterocycles. The number of ether oxygens (including phenoxy) is 1. The Morgan fingerprint density at radius 2 is 1.95 bits per heavy atom. The molecule has 0 spiro atoms. The fourth-order valence-corrected chi connectivity index (χ4v) is 3.27. The third-order valence-corrected chi connectivity index (χ3v) is 4.65. The van der Waals surface area contributed by atoms with E-state index < -0.39 is 0 Å². The molecular weight excluding hydrogens is 278 g/mol. The van der Waals surface area contributed by atoms with Gasteiger partial charge in [-0.25, -0.2) is 4.79 Å². The molecule has 2 aliphatic rings. The Labute approximate surface area is 132 Å². The van der Waals surface area contributed by atoms with Gasteiger partial charge in [-0.3, -0.25) is 4.90 Å². The van der Waals surface area contributed by atoms with Crippen LogP contribution in [0.2, 0.25) is 0 Å². The normalized spacial score (nSPS) is 23.4. The van der Waals surface area contributed by atoms with Crippen molar-refractivity contribution in [2.45, 2.75) is 25.3 Å². The molecule has 0 saturated carbocycles. The van der Waals surface area contributed by atoms with E-state index in [1.165, 1.54) is 6.42 Å². The largest absolute Gasteiger partial charge is 0.380 e. The molecule has 3 rings (SSSR count). The minimum absolute atomic E-state index is 0.113. The lowest BCUT2D eigenvalue weighted by Crippen LogP contribution is -2.44. The smallest absolute Gasteiger partial charge is 0.319 e. The second kappa shape index (κ2) is 7.61. The Balaban J connectivity index is 1.35. The number of likely N-dealkylation sites (tertiary alicyclic amines) is 1. The zero-order valence-electron chi connectivity index (χ0n) is 13.0. The molecule has 120 valence electrons. The van der Waals surface area contributed by atoms with Crippen LogP contribution in [0.5, 0.6) is 0 Å². The van der Waals surface area contributed by atoms with Crippen molar-refractivity contribution in [1.29, 1.82) is 0 Å². The number of hydrogen-bond donors (Lipinski definition) is 2. The van der Waals surface area contributed by atoms with Crippen LogP contribution in [0, 0.1) is 5.92 Å². The van der Waals surface area contributed by atoms with Gasteiger partial charge in [0.15, 0.2) is 0 Å². The highest BCUT2D eigenvalue weighted by atomic mass is 16.5. The maximum Gasteiger partial charge on any atom is 0.319 e. The van der Waals surface area contributed by atoms with E-state index >= 15 is 0 Å². The summed E-state index contributed by atoms with van der Waals surface area (Å²) < 4.78 is 5.47. The topological polar surface area (TPSA) is 53.6 Å². The fourth-order valence-electron chi connectivity index (χ4n) is 3.27. The lowest BCUT2D eigenvalue weighted by atomic mass is 9.95. The number of rotatable bonds is 4. The fraction of sp³-hybridized carbons (Fsp3) is 0.588. The maximum atomic E-state index is 11.9. The van der Waals surface area contributed by atoms with Crippen molar-refractivity contribution in [3.8, 4) is 0 Å². The van der Waals surface area contributed by atoms with Gasteiger partial charge in [-0.2, -0.15) is 0 Å². The van der Waals surface area contributed by atoms with Crippen LogP contribution in [0.25, 0.3) is 0 Å². The second-order valence-electron chi connectivity index (χ2n) is 6.20. The number of para-hydroxylation sites is 1. The third-order valence-electron chi connectivity index (χ3n) is 4.65. The van der Waals surface area contributed by atoms with Crippen molar-refractivity contribution in [2.75, 3.05) is 38.2 Å². The molecule has 0 radical (unpaired) electrons. The van der Waals surface area contributed by atoms with Crippen LogP contribution in [-0.4, -0.2) is 49.8 Å². The number of carbonyl (C=O) groups excluding carboxylic acids is 1. The number of piperidine rings is 1. The van der Waals surface area contributed by atoms with Gasteiger partial charge in [-0.1, -0.05) is 18.2 Å². The maximum absolute atomic E-state index is 11.9. The number of carbonyl (C=O) groups is 1. The van der Waals surface area contributed by atoms with E-state index in [-0.39, 0.29) is 6.03 Å². The van der Waals surface area contributed by atoms with Gasteiger partial charge in [-0.05, 0) is 50.4 Å². The van der Waals surface area contributed by atoms with Crippen LogP contribution in [0.15, 0.2) is 30.3 Å². The van der Waals surface area contributed by atoms with E-state index in [1.54, 1.807) is 0 Å². The molecule has 2 amide bonds. The molecule has 0 bridgehead atoms. The predicted octanol–water partition coefficient (Wildman–Crippen LogP) is 2.31. The number of amides is 2. The molecule has 1 aromatic rings. The summed E-state index contributed by atoms with van der Waals surface area (Å²) in [6, 6.07) is 10.1. The van der Waals surface area contributed by atoms with Crippen molar-refractivity contribution in [3.05, 3.63) is 30.3 Å². The first-order valence-electron chi connectivity index (χ1n) is 8.23. The van der Waals surface area contributed by atoms with Crippen LogP contribution >= 0.6 is 0 Å². The molecule has 0 aliphatic carbocycles. The molecule has 2 N–H and O–H groups in total. The van der Waals surface area contributed by atoms with Crippen LogP contribution in [-0.2, 0) is 4.74 Å². The van der Waals surface area contributed by atoms with Crippen LogP contribution < -0.4 is 10.6 Å². The Morgan fingerprint density at radius 3 is 2.64 bits per heavy atom. The highest BCUT2D eigenvalue weighted by molar-refractivity contribution is 5.89. The summed E-state index contributed by atoms with van der Waals surface area (Å²) >= 11 is 0. The van der Waals surface area contributed by atoms with E-state index in [1.807, 2.05) is 30.3 Å². The lowest BCUT2D eigenvalue weighted by Gasteiger charge is -2.35. The van der Waals surface area contributed by atoms with E-state index in [2.05, 4.69) is 15.5 Å². The number of nitrogens with one attached hydrogen (secondary N) is 2. The van der Waals surface area contributed by atoms with Gasteiger partial charge in [0.25, 0.3) is 0 Å². The molecule has 0 aromatic heterocycles. The minimum atomic E-state index is -0.113. The van der Waals surface area contributed by atoms with Crippen molar-refractivity contribution < 1.29 is 9.53 Å². The molecule has 2 aliphatic heterocycles. The molecule has 22 heavy (non-hydrogen) atoms. The molecule has 2 heterocycles. The van der Waals surface area contributed by atoms with Gasteiger partial charge in [0.2, 0.25) is 0 Å². The van der Waals surface area contributed by atoms with Crippen molar-refractivity contribution >= 4 is 11.7 Å². The van der Waals surface area contributed by atoms with Gasteiger partial charge >= 0.3 is 6.03 Å². The van der Waals surface area contributed by atoms with Crippen LogP contribution in [0.1, 0.15) is 19.3 Å². The molecular formula is C17H25N3O2. The summed E-state index contributed by atoms with van der Waals surface area (Å²) in [6.07, 6.45) is 3.48. The molecule has 1 aromatic carbocycles. The Morgan fingerprint density at radius 1 is 1.18 bits per heavy atom.